The number of phenols is 1. The van der Waals surface area contributed by atoms with Crippen LogP contribution < -0.4 is 22.5 Å². The van der Waals surface area contributed by atoms with E-state index in [9.17, 15) is 39.8 Å². The van der Waals surface area contributed by atoms with Crippen LogP contribution in [0.15, 0.2) is 53.3 Å². The highest BCUT2D eigenvalue weighted by Gasteiger charge is 2.74. The van der Waals surface area contributed by atoms with E-state index in [1.807, 2.05) is 19.0 Å². The minimum absolute atomic E-state index is 0.121. The number of benzene rings is 2. The van der Waals surface area contributed by atoms with Gasteiger partial charge < -0.3 is 42.7 Å². The number of nitriles is 1. The molecule has 14 heteroatoms. The second kappa shape index (κ2) is 11.3. The lowest BCUT2D eigenvalue weighted by atomic mass is 9.47. The van der Waals surface area contributed by atoms with Crippen molar-refractivity contribution in [3.8, 4) is 22.9 Å². The molecule has 2 aromatic rings. The number of aliphatic hydroxyl groups is 2. The van der Waals surface area contributed by atoms with Crippen LogP contribution in [-0.2, 0) is 20.8 Å². The minimum Gasteiger partial charge on any atom is -0.509 e. The number of fused-ring (bicyclic) bond motifs is 3. The van der Waals surface area contributed by atoms with Crippen molar-refractivity contribution in [2.24, 2.45) is 22.6 Å². The topological polar surface area (TPSA) is 249 Å². The van der Waals surface area contributed by atoms with Gasteiger partial charge in [0.1, 0.15) is 22.8 Å². The average molecular weight is 644 g/mol. The van der Waals surface area contributed by atoms with Gasteiger partial charge in [-0.3, -0.25) is 24.1 Å². The number of amides is 2. The van der Waals surface area contributed by atoms with Crippen LogP contribution in [0.5, 0.6) is 5.75 Å². The third-order valence-corrected chi connectivity index (χ3v) is 9.44. The number of ketones is 2. The molecule has 0 aliphatic heterocycles. The Hall–Kier alpha value is -5.07. The van der Waals surface area contributed by atoms with Crippen LogP contribution in [0.4, 0.5) is 0 Å². The Balaban J connectivity index is 1.68. The highest BCUT2D eigenvalue weighted by Crippen LogP contribution is 2.58. The lowest BCUT2D eigenvalue weighted by Gasteiger charge is -2.58. The van der Waals surface area contributed by atoms with Crippen molar-refractivity contribution in [1.82, 2.24) is 15.1 Å². The molecule has 5 rings (SSSR count). The third-order valence-electron chi connectivity index (χ3n) is 9.44. The first-order valence-corrected chi connectivity index (χ1v) is 14.8. The second-order valence-electron chi connectivity index (χ2n) is 12.9. The van der Waals surface area contributed by atoms with Crippen molar-refractivity contribution < 1.29 is 34.5 Å². The van der Waals surface area contributed by atoms with E-state index >= 15 is 0 Å². The summed E-state index contributed by atoms with van der Waals surface area (Å²) in [6.07, 6.45) is -0.671. The molecule has 3 aliphatic rings. The number of nitrogens with two attached hydrogens (primary N) is 3. The fraction of sp³-hybridized carbons (Fsp3) is 0.364. The van der Waals surface area contributed by atoms with Gasteiger partial charge in [0.05, 0.1) is 34.3 Å². The summed E-state index contributed by atoms with van der Waals surface area (Å²) >= 11 is 0. The molecular formula is C33H37N7O7. The second-order valence-corrected chi connectivity index (χ2v) is 12.9. The lowest BCUT2D eigenvalue weighted by molar-refractivity contribution is -0.139. The predicted octanol–water partition coefficient (Wildman–Crippen LogP) is -0.136. The van der Waals surface area contributed by atoms with Gasteiger partial charge in [-0.2, -0.15) is 5.26 Å². The zero-order valence-corrected chi connectivity index (χ0v) is 26.4. The molecule has 14 nitrogen and oxygen atoms in total. The maximum atomic E-state index is 14.5. The van der Waals surface area contributed by atoms with Crippen LogP contribution >= 0.6 is 0 Å². The standard InChI is InChI=1S/C33H37N7O7/c1-39(2)12-11-38-30(47)17-7-5-16(6-8-17)18-9-10-20(41)21-19(18)13-31(36)14-33(37)26(40(3)4)25(43)22(29(35)46)27(44)32(33,15-34)28(45)23(31)24(21)42/h5-10,26,41-42,44H,11-14,36-37H2,1-4H3,(H2,35,46)(H,38,47)/t26-,31-,32+,33-/m1/s1. The molecule has 246 valence electrons. The van der Waals surface area contributed by atoms with E-state index in [1.54, 1.807) is 36.4 Å². The minimum atomic E-state index is -2.74. The molecule has 10 N–H and O–H groups in total. The number of Topliss-reactive ketones (excluding diaryl/α,β-unsaturated/α-hetero) is 2. The number of aliphatic hydroxyl groups excluding tert-OH is 2. The van der Waals surface area contributed by atoms with E-state index in [0.29, 0.717) is 35.3 Å². The van der Waals surface area contributed by atoms with Crippen LogP contribution in [0.2, 0.25) is 0 Å². The van der Waals surface area contributed by atoms with Crippen LogP contribution in [-0.4, -0.2) is 107 Å². The molecule has 0 radical (unpaired) electrons. The molecule has 1 saturated carbocycles. The molecular weight excluding hydrogens is 606 g/mol. The van der Waals surface area contributed by atoms with Crippen LogP contribution in [0.25, 0.3) is 16.9 Å². The number of aromatic hydroxyl groups is 1. The molecule has 0 unspecified atom stereocenters. The van der Waals surface area contributed by atoms with Crippen molar-refractivity contribution in [2.75, 3.05) is 41.3 Å². The Kier molecular flexibility index (Phi) is 8.02. The van der Waals surface area contributed by atoms with E-state index in [0.717, 1.165) is 0 Å². The fourth-order valence-electron chi connectivity index (χ4n) is 7.40. The summed E-state index contributed by atoms with van der Waals surface area (Å²) in [6, 6.07) is 9.82. The highest BCUT2D eigenvalue weighted by molar-refractivity contribution is 6.25. The van der Waals surface area contributed by atoms with Gasteiger partial charge in [-0.05, 0) is 75.9 Å². The molecule has 3 aliphatic carbocycles. The van der Waals surface area contributed by atoms with Crippen molar-refractivity contribution in [2.45, 2.75) is 30.0 Å². The summed E-state index contributed by atoms with van der Waals surface area (Å²) in [4.78, 5) is 56.4. The number of primary amides is 1. The first kappa shape index (κ1) is 33.3. The van der Waals surface area contributed by atoms with E-state index in [4.69, 9.17) is 17.2 Å². The number of phenolic OH excluding ortho intramolecular Hbond substituents is 1. The zero-order valence-electron chi connectivity index (χ0n) is 26.4. The van der Waals surface area contributed by atoms with Gasteiger partial charge in [0, 0.05) is 18.7 Å². The van der Waals surface area contributed by atoms with Crippen LogP contribution in [0.1, 0.15) is 27.9 Å². The zero-order chi connectivity index (χ0) is 34.8. The SMILES string of the molecule is CN(C)CCNC(=O)c1ccc(-c2ccc(O)c3c2C[C@@]2(N)C[C@@]4(N)[C@H](N(C)C)C(=O)C(C(N)=O)=C(O)[C@@]4(C#N)C(=O)C2=C3O)cc1. The summed E-state index contributed by atoms with van der Waals surface area (Å²) in [5, 5.41) is 47.4. The summed E-state index contributed by atoms with van der Waals surface area (Å²) in [6.45, 7) is 1.12. The first-order chi connectivity index (χ1) is 22.0. The highest BCUT2D eigenvalue weighted by atomic mass is 16.3. The largest absolute Gasteiger partial charge is 0.509 e. The Labute approximate surface area is 270 Å². The van der Waals surface area contributed by atoms with E-state index in [-0.39, 0.29) is 17.9 Å². The number of carbonyl (C=O) groups is 4. The summed E-state index contributed by atoms with van der Waals surface area (Å²) < 4.78 is 0. The van der Waals surface area contributed by atoms with E-state index < -0.39 is 74.8 Å². The maximum Gasteiger partial charge on any atom is 0.255 e. The molecule has 0 aromatic heterocycles. The van der Waals surface area contributed by atoms with Gasteiger partial charge in [-0.1, -0.05) is 18.2 Å². The van der Waals surface area contributed by atoms with Gasteiger partial charge in [0.15, 0.2) is 17.0 Å². The number of rotatable bonds is 7. The Morgan fingerprint density at radius 1 is 1.04 bits per heavy atom. The van der Waals surface area contributed by atoms with Crippen molar-refractivity contribution >= 4 is 29.1 Å². The maximum absolute atomic E-state index is 14.5. The summed E-state index contributed by atoms with van der Waals surface area (Å²) in [7, 11) is 6.70. The Morgan fingerprint density at radius 2 is 1.68 bits per heavy atom. The molecule has 0 heterocycles. The normalized spacial score (nSPS) is 26.9. The first-order valence-electron chi connectivity index (χ1n) is 14.8. The molecule has 0 saturated heterocycles. The molecule has 0 bridgehead atoms. The number of hydrogen-bond donors (Lipinski definition) is 7. The third kappa shape index (κ3) is 4.70. The van der Waals surface area contributed by atoms with Crippen molar-refractivity contribution in [3.05, 3.63) is 70.0 Å². The molecule has 2 amide bonds. The molecule has 4 atom stereocenters. The van der Waals surface area contributed by atoms with E-state index in [2.05, 4.69) is 5.32 Å². The summed E-state index contributed by atoms with van der Waals surface area (Å²) in [5.41, 5.74) is 12.9. The van der Waals surface area contributed by atoms with Gasteiger partial charge in [-0.15, -0.1) is 0 Å². The van der Waals surface area contributed by atoms with Gasteiger partial charge >= 0.3 is 0 Å². The number of hydrogen-bond acceptors (Lipinski definition) is 12. The van der Waals surface area contributed by atoms with Crippen molar-refractivity contribution in [1.29, 1.82) is 5.26 Å². The fourth-order valence-corrected chi connectivity index (χ4v) is 7.40. The monoisotopic (exact) mass is 643 g/mol. The molecule has 0 spiro atoms. The predicted molar refractivity (Wildman–Crippen MR) is 171 cm³/mol. The Bertz CT molecular complexity index is 1840. The number of nitrogens with zero attached hydrogens (tertiary/aromatic N) is 3. The van der Waals surface area contributed by atoms with Crippen molar-refractivity contribution in [3.63, 3.8) is 0 Å². The quantitative estimate of drug-likeness (QED) is 0.195. The number of carbonyl (C=O) groups excluding carboxylic acids is 4. The van der Waals surface area contributed by atoms with E-state index in [1.165, 1.54) is 25.1 Å². The molecule has 2 aromatic carbocycles. The molecule has 47 heavy (non-hydrogen) atoms. The van der Waals surface area contributed by atoms with Gasteiger partial charge in [0.2, 0.25) is 0 Å². The smallest absolute Gasteiger partial charge is 0.255 e. The summed E-state index contributed by atoms with van der Waals surface area (Å²) in [5.74, 6) is -6.16. The van der Waals surface area contributed by atoms with Gasteiger partial charge in [0.25, 0.3) is 11.8 Å². The molecule has 1 fully saturated rings. The Morgan fingerprint density at radius 3 is 2.23 bits per heavy atom. The number of likely N-dealkylation sites (N-methyl/N-ethyl adjacent to an activating group) is 2. The van der Waals surface area contributed by atoms with Crippen LogP contribution in [0, 0.1) is 16.7 Å². The lowest BCUT2D eigenvalue weighted by Crippen LogP contribution is -2.80. The van der Waals surface area contributed by atoms with Crippen LogP contribution in [0.3, 0.4) is 0 Å². The average Bonchev–Trinajstić information content (AvgIpc) is 2.96. The number of nitrogens with one attached hydrogen (secondary N) is 1. The van der Waals surface area contributed by atoms with Gasteiger partial charge in [-0.25, -0.2) is 0 Å².